The summed E-state index contributed by atoms with van der Waals surface area (Å²) in [5.74, 6) is -0.522. The van der Waals surface area contributed by atoms with E-state index < -0.39 is 6.04 Å². The number of amides is 2. The average molecular weight is 264 g/mol. The highest BCUT2D eigenvalue weighted by Gasteiger charge is 2.31. The Morgan fingerprint density at radius 2 is 2.26 bits per heavy atom. The maximum Gasteiger partial charge on any atom is 0.254 e. The molecule has 0 bridgehead atoms. The quantitative estimate of drug-likeness (QED) is 0.608. The van der Waals surface area contributed by atoms with Gasteiger partial charge in [0.1, 0.15) is 6.04 Å². The van der Waals surface area contributed by atoms with Gasteiger partial charge in [0.25, 0.3) is 5.91 Å². The fraction of sp³-hybridized carbons (Fsp3) is 0.417. The lowest BCUT2D eigenvalue weighted by molar-refractivity contribution is -0.125. The monoisotopic (exact) mass is 264 g/mol. The molecule has 1 aliphatic rings. The van der Waals surface area contributed by atoms with E-state index in [4.69, 9.17) is 0 Å². The van der Waals surface area contributed by atoms with Gasteiger partial charge in [-0.3, -0.25) is 14.4 Å². The molecule has 0 aromatic carbocycles. The number of aromatic nitrogens is 1. The summed E-state index contributed by atoms with van der Waals surface area (Å²) in [6, 6.07) is 2.23. The van der Waals surface area contributed by atoms with Gasteiger partial charge in [-0.2, -0.15) is 0 Å². The highest BCUT2D eigenvalue weighted by Crippen LogP contribution is 2.09. The summed E-state index contributed by atoms with van der Waals surface area (Å²) in [5.41, 5.74) is -0.0444. The summed E-state index contributed by atoms with van der Waals surface area (Å²) >= 11 is 0. The zero-order valence-electron chi connectivity index (χ0n) is 10.6. The molecule has 1 unspecified atom stereocenters. The molecule has 102 valence electrons. The van der Waals surface area contributed by atoms with Gasteiger partial charge in [0, 0.05) is 44.5 Å². The van der Waals surface area contributed by atoms with Gasteiger partial charge in [-0.25, -0.2) is 0 Å². The van der Waals surface area contributed by atoms with Crippen molar-refractivity contribution in [1.29, 1.82) is 0 Å². The fourth-order valence-electron chi connectivity index (χ4n) is 2.09. The van der Waals surface area contributed by atoms with Gasteiger partial charge < -0.3 is 20.5 Å². The van der Waals surface area contributed by atoms with Crippen molar-refractivity contribution in [2.24, 2.45) is 0 Å². The van der Waals surface area contributed by atoms with Crippen LogP contribution in [0.15, 0.2) is 23.1 Å². The molecule has 3 N–H and O–H groups in total. The third-order valence-corrected chi connectivity index (χ3v) is 3.08. The minimum absolute atomic E-state index is 0.217. The van der Waals surface area contributed by atoms with Crippen LogP contribution in [-0.2, 0) is 4.79 Å². The van der Waals surface area contributed by atoms with Crippen molar-refractivity contribution in [2.75, 3.05) is 26.7 Å². The zero-order valence-corrected chi connectivity index (χ0v) is 10.6. The van der Waals surface area contributed by atoms with Crippen molar-refractivity contribution < 1.29 is 9.59 Å². The van der Waals surface area contributed by atoms with E-state index >= 15 is 0 Å². The van der Waals surface area contributed by atoms with E-state index in [1.165, 1.54) is 30.3 Å². The molecule has 19 heavy (non-hydrogen) atoms. The van der Waals surface area contributed by atoms with E-state index in [0.29, 0.717) is 25.2 Å². The molecule has 2 amide bonds. The second-order valence-electron chi connectivity index (χ2n) is 4.27. The van der Waals surface area contributed by atoms with Crippen LogP contribution in [0.25, 0.3) is 0 Å². The van der Waals surface area contributed by atoms with Crippen LogP contribution in [0, 0.1) is 0 Å². The van der Waals surface area contributed by atoms with Gasteiger partial charge >= 0.3 is 0 Å². The summed E-state index contributed by atoms with van der Waals surface area (Å²) < 4.78 is 0. The number of carbonyl (C=O) groups excluding carboxylic acids is 2. The van der Waals surface area contributed by atoms with Crippen LogP contribution >= 0.6 is 0 Å². The lowest BCUT2D eigenvalue weighted by Gasteiger charge is -2.34. The largest absolute Gasteiger partial charge is 0.357 e. The second kappa shape index (κ2) is 5.66. The van der Waals surface area contributed by atoms with Crippen molar-refractivity contribution in [3.05, 3.63) is 34.2 Å². The Labute approximate surface area is 110 Å². The maximum atomic E-state index is 12.3. The molecule has 1 fully saturated rings. The Hall–Kier alpha value is -2.15. The molecule has 7 nitrogen and oxygen atoms in total. The first-order valence-corrected chi connectivity index (χ1v) is 6.05. The first-order chi connectivity index (χ1) is 9.13. The molecule has 1 atom stereocenters. The number of hydrogen-bond acceptors (Lipinski definition) is 4. The molecular weight excluding hydrogens is 248 g/mol. The van der Waals surface area contributed by atoms with Gasteiger partial charge in [-0.1, -0.05) is 0 Å². The average Bonchev–Trinajstić information content (AvgIpc) is 2.45. The Bertz CT molecular complexity index is 540. The number of nitrogens with one attached hydrogen (secondary N) is 3. The molecule has 1 aliphatic heterocycles. The molecule has 7 heteroatoms. The van der Waals surface area contributed by atoms with E-state index in [-0.39, 0.29) is 17.4 Å². The fourth-order valence-corrected chi connectivity index (χ4v) is 2.09. The summed E-state index contributed by atoms with van der Waals surface area (Å²) in [6.45, 7) is 1.47. The number of piperazine rings is 1. The van der Waals surface area contributed by atoms with E-state index in [0.717, 1.165) is 0 Å². The van der Waals surface area contributed by atoms with Gasteiger partial charge in [-0.05, 0) is 6.07 Å². The SMILES string of the molecule is CNC(=O)C1CNCCN1C(=O)c1cc[nH]c(=O)c1. The molecule has 2 heterocycles. The molecule has 1 saturated heterocycles. The van der Waals surface area contributed by atoms with Crippen molar-refractivity contribution in [3.8, 4) is 0 Å². The van der Waals surface area contributed by atoms with E-state index in [1.54, 1.807) is 0 Å². The number of pyridine rings is 1. The topological polar surface area (TPSA) is 94.3 Å². The highest BCUT2D eigenvalue weighted by atomic mass is 16.2. The van der Waals surface area contributed by atoms with Gasteiger partial charge in [0.15, 0.2) is 0 Å². The highest BCUT2D eigenvalue weighted by molar-refractivity contribution is 5.97. The van der Waals surface area contributed by atoms with Crippen molar-refractivity contribution in [1.82, 2.24) is 20.5 Å². The Kier molecular flexibility index (Phi) is 3.96. The van der Waals surface area contributed by atoms with Crippen LogP contribution in [0.5, 0.6) is 0 Å². The molecule has 2 rings (SSSR count). The predicted molar refractivity (Wildman–Crippen MR) is 68.8 cm³/mol. The lowest BCUT2D eigenvalue weighted by Crippen LogP contribution is -2.59. The Morgan fingerprint density at radius 3 is 2.95 bits per heavy atom. The number of nitrogens with zero attached hydrogens (tertiary/aromatic N) is 1. The number of rotatable bonds is 2. The van der Waals surface area contributed by atoms with Crippen LogP contribution in [0.4, 0.5) is 0 Å². The van der Waals surface area contributed by atoms with Crippen molar-refractivity contribution >= 4 is 11.8 Å². The predicted octanol–water partition coefficient (Wildman–Crippen LogP) is -1.47. The van der Waals surface area contributed by atoms with E-state index in [1.807, 2.05) is 0 Å². The summed E-state index contributed by atoms with van der Waals surface area (Å²) in [4.78, 5) is 39.3. The van der Waals surface area contributed by atoms with Crippen molar-refractivity contribution in [3.63, 3.8) is 0 Å². The number of hydrogen-bond donors (Lipinski definition) is 3. The standard InChI is InChI=1S/C12H16N4O3/c1-13-11(18)9-7-14-4-5-16(9)12(19)8-2-3-15-10(17)6-8/h2-3,6,9,14H,4-5,7H2,1H3,(H,13,18)(H,15,17). The molecule has 0 spiro atoms. The second-order valence-corrected chi connectivity index (χ2v) is 4.27. The molecule has 1 aromatic rings. The minimum atomic E-state index is -0.550. The van der Waals surface area contributed by atoms with E-state index in [2.05, 4.69) is 15.6 Å². The minimum Gasteiger partial charge on any atom is -0.357 e. The normalized spacial score (nSPS) is 19.0. The summed E-state index contributed by atoms with van der Waals surface area (Å²) in [5, 5.41) is 5.62. The number of carbonyl (C=O) groups is 2. The molecule has 1 aromatic heterocycles. The van der Waals surface area contributed by atoms with Crippen LogP contribution < -0.4 is 16.2 Å². The first-order valence-electron chi connectivity index (χ1n) is 6.05. The third-order valence-electron chi connectivity index (χ3n) is 3.08. The zero-order chi connectivity index (χ0) is 13.8. The van der Waals surface area contributed by atoms with Gasteiger partial charge in [-0.15, -0.1) is 0 Å². The molecule has 0 saturated carbocycles. The van der Waals surface area contributed by atoms with Crippen molar-refractivity contribution in [2.45, 2.75) is 6.04 Å². The van der Waals surface area contributed by atoms with Crippen LogP contribution in [0.3, 0.4) is 0 Å². The smallest absolute Gasteiger partial charge is 0.254 e. The van der Waals surface area contributed by atoms with E-state index in [9.17, 15) is 14.4 Å². The van der Waals surface area contributed by atoms with Gasteiger partial charge in [0.2, 0.25) is 11.5 Å². The number of likely N-dealkylation sites (N-methyl/N-ethyl adjacent to an activating group) is 1. The Balaban J connectivity index is 2.25. The Morgan fingerprint density at radius 1 is 1.47 bits per heavy atom. The lowest BCUT2D eigenvalue weighted by atomic mass is 10.1. The first kappa shape index (κ1) is 13.3. The van der Waals surface area contributed by atoms with Gasteiger partial charge in [0.05, 0.1) is 0 Å². The summed E-state index contributed by atoms with van der Waals surface area (Å²) in [6.07, 6.45) is 1.42. The van der Waals surface area contributed by atoms with Crippen LogP contribution in [0.2, 0.25) is 0 Å². The molecular formula is C12H16N4O3. The molecule has 0 aliphatic carbocycles. The van der Waals surface area contributed by atoms with Crippen LogP contribution in [0.1, 0.15) is 10.4 Å². The molecule has 0 radical (unpaired) electrons. The third kappa shape index (κ3) is 2.82. The number of H-pyrrole nitrogens is 1. The maximum absolute atomic E-state index is 12.3. The van der Waals surface area contributed by atoms with Crippen LogP contribution in [-0.4, -0.2) is 54.4 Å². The number of aromatic amines is 1. The summed E-state index contributed by atoms with van der Waals surface area (Å²) in [7, 11) is 1.53.